The Morgan fingerprint density at radius 1 is 1.24 bits per heavy atom. The van der Waals surface area contributed by atoms with Crippen molar-refractivity contribution in [3.8, 4) is 5.75 Å². The van der Waals surface area contributed by atoms with E-state index in [0.29, 0.717) is 42.0 Å². The molecule has 1 heterocycles. The molecule has 1 aromatic rings. The summed E-state index contributed by atoms with van der Waals surface area (Å²) in [5, 5.41) is 3.27. The van der Waals surface area contributed by atoms with E-state index in [1.165, 1.54) is 7.11 Å². The van der Waals surface area contributed by atoms with Crippen LogP contribution in [-0.4, -0.2) is 37.5 Å². The highest BCUT2D eigenvalue weighted by Crippen LogP contribution is 2.46. The van der Waals surface area contributed by atoms with Crippen LogP contribution in [0.2, 0.25) is 0 Å². The molecule has 0 aromatic heterocycles. The molecule has 33 heavy (non-hydrogen) atoms. The topological polar surface area (TPSA) is 90.9 Å². The van der Waals surface area contributed by atoms with Crippen LogP contribution in [0.4, 0.5) is 0 Å². The van der Waals surface area contributed by atoms with Gasteiger partial charge in [0.05, 0.1) is 25.4 Å². The normalized spacial score (nSPS) is 23.5. The molecule has 0 unspecified atom stereocenters. The minimum atomic E-state index is -0.918. The van der Waals surface area contributed by atoms with Gasteiger partial charge in [-0.05, 0) is 57.2 Å². The first-order valence-electron chi connectivity index (χ1n) is 11.5. The third-order valence-electron chi connectivity index (χ3n) is 6.35. The van der Waals surface area contributed by atoms with Gasteiger partial charge in [-0.3, -0.25) is 9.59 Å². The quantitative estimate of drug-likeness (QED) is 0.490. The van der Waals surface area contributed by atoms with E-state index in [1.807, 2.05) is 58.9 Å². The van der Waals surface area contributed by atoms with Crippen LogP contribution in [0.3, 0.4) is 0 Å². The lowest BCUT2D eigenvalue weighted by atomic mass is 9.69. The number of rotatable bonds is 7. The van der Waals surface area contributed by atoms with Crippen molar-refractivity contribution in [2.75, 3.05) is 13.7 Å². The second-order valence-electron chi connectivity index (χ2n) is 8.67. The number of hydrogen-bond acceptors (Lipinski definition) is 7. The lowest BCUT2D eigenvalue weighted by Gasteiger charge is -2.38. The molecule has 1 N–H and O–H groups in total. The van der Waals surface area contributed by atoms with Crippen molar-refractivity contribution in [1.82, 2.24) is 5.32 Å². The summed E-state index contributed by atoms with van der Waals surface area (Å²) < 4.78 is 16.3. The zero-order valence-corrected chi connectivity index (χ0v) is 20.2. The number of methoxy groups -OCH3 is 1. The maximum Gasteiger partial charge on any atom is 0.337 e. The third-order valence-corrected chi connectivity index (χ3v) is 6.35. The zero-order valence-electron chi connectivity index (χ0n) is 20.2. The van der Waals surface area contributed by atoms with Crippen molar-refractivity contribution in [3.05, 3.63) is 52.4 Å². The number of ketones is 1. The predicted octanol–water partition coefficient (Wildman–Crippen LogP) is 4.04. The maximum absolute atomic E-state index is 13.7. The van der Waals surface area contributed by atoms with Gasteiger partial charge in [-0.15, -0.1) is 0 Å². The molecule has 0 saturated carbocycles. The molecule has 1 aliphatic heterocycles. The van der Waals surface area contributed by atoms with Crippen molar-refractivity contribution < 1.29 is 28.6 Å². The van der Waals surface area contributed by atoms with Gasteiger partial charge in [-0.25, -0.2) is 4.79 Å². The van der Waals surface area contributed by atoms with Gasteiger partial charge in [0.1, 0.15) is 11.7 Å². The van der Waals surface area contributed by atoms with Gasteiger partial charge in [-0.2, -0.15) is 0 Å². The molecule has 1 aromatic carbocycles. The van der Waals surface area contributed by atoms with Crippen LogP contribution < -0.4 is 10.1 Å². The Kier molecular flexibility index (Phi) is 7.61. The number of benzene rings is 1. The predicted molar refractivity (Wildman–Crippen MR) is 123 cm³/mol. The summed E-state index contributed by atoms with van der Waals surface area (Å²) in [4.78, 5) is 39.5. The minimum absolute atomic E-state index is 0.229. The average Bonchev–Trinajstić information content (AvgIpc) is 2.78. The Morgan fingerprint density at radius 2 is 1.97 bits per heavy atom. The number of ether oxygens (including phenoxy) is 3. The first-order chi connectivity index (χ1) is 15.7. The number of nitrogens with one attached hydrogen (secondary N) is 1. The summed E-state index contributed by atoms with van der Waals surface area (Å²) in [7, 11) is 1.29. The summed E-state index contributed by atoms with van der Waals surface area (Å²) >= 11 is 0. The van der Waals surface area contributed by atoms with Crippen molar-refractivity contribution in [1.29, 1.82) is 0 Å². The van der Waals surface area contributed by atoms with Crippen LogP contribution in [0.15, 0.2) is 46.8 Å². The summed E-state index contributed by atoms with van der Waals surface area (Å²) in [5.41, 5.74) is 2.90. The number of carbonyl (C=O) groups is 3. The van der Waals surface area contributed by atoms with E-state index in [4.69, 9.17) is 14.2 Å². The van der Waals surface area contributed by atoms with Crippen LogP contribution in [0.1, 0.15) is 58.9 Å². The molecule has 2 aliphatic rings. The maximum atomic E-state index is 13.7. The molecule has 0 radical (unpaired) electrons. The van der Waals surface area contributed by atoms with Gasteiger partial charge in [0.15, 0.2) is 5.78 Å². The van der Waals surface area contributed by atoms with Crippen molar-refractivity contribution in [2.24, 2.45) is 11.8 Å². The van der Waals surface area contributed by atoms with Crippen LogP contribution in [-0.2, 0) is 23.9 Å². The van der Waals surface area contributed by atoms with Crippen LogP contribution >= 0.6 is 0 Å². The van der Waals surface area contributed by atoms with Crippen LogP contribution in [0.25, 0.3) is 0 Å². The van der Waals surface area contributed by atoms with E-state index < -0.39 is 23.8 Å². The smallest absolute Gasteiger partial charge is 0.337 e. The molecule has 0 bridgehead atoms. The molecule has 0 amide bonds. The largest absolute Gasteiger partial charge is 0.494 e. The number of dihydropyridines is 1. The molecule has 0 fully saturated rings. The third kappa shape index (κ3) is 4.82. The fourth-order valence-electron chi connectivity index (χ4n) is 4.56. The molecule has 7 nitrogen and oxygen atoms in total. The van der Waals surface area contributed by atoms with E-state index in [2.05, 4.69) is 5.32 Å². The van der Waals surface area contributed by atoms with Gasteiger partial charge in [0, 0.05) is 22.9 Å². The highest BCUT2D eigenvalue weighted by molar-refractivity contribution is 6.12. The molecule has 0 spiro atoms. The number of hydrogen-bond donors (Lipinski definition) is 1. The second-order valence-corrected chi connectivity index (χ2v) is 8.67. The van der Waals surface area contributed by atoms with Crippen molar-refractivity contribution >= 4 is 17.7 Å². The number of allylic oxidation sites excluding steroid dienone is 3. The Hall–Kier alpha value is -3.09. The molecule has 0 saturated heterocycles. The first kappa shape index (κ1) is 24.6. The number of esters is 2. The number of Topliss-reactive ketones (excluding diaryl/α,β-unsaturated/α-hetero) is 1. The van der Waals surface area contributed by atoms with Gasteiger partial charge >= 0.3 is 11.9 Å². The Labute approximate surface area is 195 Å². The summed E-state index contributed by atoms with van der Waals surface area (Å²) in [6.07, 6.45) is 0.895. The Morgan fingerprint density at radius 3 is 2.61 bits per heavy atom. The molecule has 7 heteroatoms. The minimum Gasteiger partial charge on any atom is -0.494 e. The van der Waals surface area contributed by atoms with Crippen LogP contribution in [0, 0.1) is 11.8 Å². The van der Waals surface area contributed by atoms with Gasteiger partial charge in [0.2, 0.25) is 0 Å². The van der Waals surface area contributed by atoms with Gasteiger partial charge in [-0.1, -0.05) is 26.0 Å². The summed E-state index contributed by atoms with van der Waals surface area (Å²) in [6, 6.07) is 7.38. The molecule has 178 valence electrons. The van der Waals surface area contributed by atoms with Gasteiger partial charge in [0.25, 0.3) is 0 Å². The zero-order chi connectivity index (χ0) is 24.3. The van der Waals surface area contributed by atoms with E-state index in [1.54, 1.807) is 0 Å². The highest BCUT2D eigenvalue weighted by atomic mass is 16.5. The SMILES string of the molecule is CCOc1cccc([C@H]2C(C(=O)O[C@H](C)CC)=C(C)NC3=C2C(=O)[C@H](C(=O)OC)[C@H](C)C3)c1. The van der Waals surface area contributed by atoms with E-state index >= 15 is 0 Å². The van der Waals surface area contributed by atoms with E-state index in [9.17, 15) is 14.4 Å². The van der Waals surface area contributed by atoms with E-state index in [-0.39, 0.29) is 17.8 Å². The lowest BCUT2D eigenvalue weighted by molar-refractivity contribution is -0.151. The number of carbonyl (C=O) groups excluding carboxylic acids is 3. The lowest BCUT2D eigenvalue weighted by Crippen LogP contribution is -2.43. The van der Waals surface area contributed by atoms with Crippen molar-refractivity contribution in [2.45, 2.75) is 59.5 Å². The Balaban J connectivity index is 2.17. The summed E-state index contributed by atoms with van der Waals surface area (Å²) in [6.45, 7) is 9.83. The second kappa shape index (κ2) is 10.2. The Bertz CT molecular complexity index is 1010. The average molecular weight is 456 g/mol. The molecular formula is C26H33NO6. The first-order valence-corrected chi connectivity index (χ1v) is 11.5. The van der Waals surface area contributed by atoms with Crippen LogP contribution in [0.5, 0.6) is 5.75 Å². The summed E-state index contributed by atoms with van der Waals surface area (Å²) in [5.74, 6) is -2.54. The fourth-order valence-corrected chi connectivity index (χ4v) is 4.56. The standard InChI is InChI=1S/C26H33NO6/c1-7-15(4)33-26(30)21-16(5)27-19-12-14(3)20(25(29)31-6)24(28)23(19)22(21)17-10-9-11-18(13-17)32-8-2/h9-11,13-15,20,22,27H,7-8,12H2,1-6H3/t14-,15-,20-,22+/m1/s1. The monoisotopic (exact) mass is 455 g/mol. The molecule has 3 rings (SSSR count). The fraction of sp³-hybridized carbons (Fsp3) is 0.500. The highest BCUT2D eigenvalue weighted by Gasteiger charge is 2.47. The molecule has 1 aliphatic carbocycles. The van der Waals surface area contributed by atoms with Crippen molar-refractivity contribution in [3.63, 3.8) is 0 Å². The molecule has 4 atom stereocenters. The van der Waals surface area contributed by atoms with E-state index in [0.717, 1.165) is 11.3 Å². The molecular weight excluding hydrogens is 422 g/mol. The van der Waals surface area contributed by atoms with Gasteiger partial charge < -0.3 is 19.5 Å².